The standard InChI is InChI=1S/C21H23ClFN5O2/c22-14-7-15(23)9-16(8-14)27-18(11-29)19(30)6-13-2-1-5-28(10-13)21-17-3-4-24-20(17)25-12-26-21/h3-4,7-9,12-13,18,27,29H,1-2,5-6,10-11H2,(H,24,25,26)/t13-,18+/m0/s1. The Morgan fingerprint density at radius 2 is 2.27 bits per heavy atom. The van der Waals surface area contributed by atoms with E-state index >= 15 is 0 Å². The predicted molar refractivity (Wildman–Crippen MR) is 114 cm³/mol. The fourth-order valence-electron chi connectivity index (χ4n) is 4.03. The molecule has 3 heterocycles. The zero-order chi connectivity index (χ0) is 21.1. The third-order valence-corrected chi connectivity index (χ3v) is 5.63. The van der Waals surface area contributed by atoms with Gasteiger partial charge in [-0.15, -0.1) is 0 Å². The van der Waals surface area contributed by atoms with Gasteiger partial charge in [-0.05, 0) is 43.0 Å². The number of ketones is 1. The summed E-state index contributed by atoms with van der Waals surface area (Å²) in [7, 11) is 0. The molecule has 0 bridgehead atoms. The number of hydrogen-bond donors (Lipinski definition) is 3. The molecule has 9 heteroatoms. The lowest BCUT2D eigenvalue weighted by Gasteiger charge is -2.34. The Hall–Kier alpha value is -2.71. The molecule has 1 aliphatic heterocycles. The second kappa shape index (κ2) is 8.97. The van der Waals surface area contributed by atoms with E-state index in [1.165, 1.54) is 18.2 Å². The predicted octanol–water partition coefficient (Wildman–Crippen LogP) is 3.40. The number of carbonyl (C=O) groups is 1. The summed E-state index contributed by atoms with van der Waals surface area (Å²) in [4.78, 5) is 26.8. The summed E-state index contributed by atoms with van der Waals surface area (Å²) in [6, 6.07) is 5.11. The average Bonchev–Trinajstić information content (AvgIpc) is 3.20. The molecule has 1 fully saturated rings. The van der Waals surface area contributed by atoms with Gasteiger partial charge in [0.15, 0.2) is 5.78 Å². The molecule has 0 saturated carbocycles. The van der Waals surface area contributed by atoms with Crippen LogP contribution in [0.4, 0.5) is 15.9 Å². The van der Waals surface area contributed by atoms with Gasteiger partial charge < -0.3 is 20.3 Å². The highest BCUT2D eigenvalue weighted by Crippen LogP contribution is 2.29. The lowest BCUT2D eigenvalue weighted by molar-refractivity contribution is -0.121. The second-order valence-electron chi connectivity index (χ2n) is 7.60. The highest BCUT2D eigenvalue weighted by molar-refractivity contribution is 6.30. The molecule has 0 aliphatic carbocycles. The minimum Gasteiger partial charge on any atom is -0.394 e. The van der Waals surface area contributed by atoms with Gasteiger partial charge in [-0.3, -0.25) is 4.79 Å². The van der Waals surface area contributed by atoms with Gasteiger partial charge in [0, 0.05) is 36.4 Å². The van der Waals surface area contributed by atoms with E-state index in [1.54, 1.807) is 6.33 Å². The molecular formula is C21H23ClFN5O2. The van der Waals surface area contributed by atoms with Gasteiger partial charge in [-0.25, -0.2) is 14.4 Å². The first-order valence-corrected chi connectivity index (χ1v) is 10.3. The van der Waals surface area contributed by atoms with Crippen molar-refractivity contribution in [3.8, 4) is 0 Å². The van der Waals surface area contributed by atoms with Crippen molar-refractivity contribution in [1.82, 2.24) is 15.0 Å². The minimum atomic E-state index is -0.811. The van der Waals surface area contributed by atoms with Gasteiger partial charge in [0.2, 0.25) is 0 Å². The number of rotatable bonds is 7. The first-order valence-electron chi connectivity index (χ1n) is 9.92. The minimum absolute atomic E-state index is 0.112. The molecule has 0 radical (unpaired) electrons. The Bertz CT molecular complexity index is 1020. The molecule has 2 aromatic heterocycles. The molecule has 2 atom stereocenters. The lowest BCUT2D eigenvalue weighted by atomic mass is 9.91. The van der Waals surface area contributed by atoms with E-state index in [4.69, 9.17) is 11.6 Å². The molecule has 1 saturated heterocycles. The van der Waals surface area contributed by atoms with E-state index in [1.807, 2.05) is 12.3 Å². The van der Waals surface area contributed by atoms with Crippen molar-refractivity contribution < 1.29 is 14.3 Å². The van der Waals surface area contributed by atoms with Gasteiger partial charge in [-0.1, -0.05) is 11.6 Å². The number of aliphatic hydroxyl groups excluding tert-OH is 1. The molecule has 3 N–H and O–H groups in total. The smallest absolute Gasteiger partial charge is 0.157 e. The number of halogens is 2. The van der Waals surface area contributed by atoms with Crippen LogP contribution in [0.1, 0.15) is 19.3 Å². The van der Waals surface area contributed by atoms with Crippen LogP contribution in [0.5, 0.6) is 0 Å². The van der Waals surface area contributed by atoms with Crippen molar-refractivity contribution in [2.24, 2.45) is 5.92 Å². The fraction of sp³-hybridized carbons (Fsp3) is 0.381. The molecule has 3 aromatic rings. The molecule has 0 amide bonds. The Balaban J connectivity index is 1.42. The monoisotopic (exact) mass is 431 g/mol. The molecule has 1 aromatic carbocycles. The van der Waals surface area contributed by atoms with Crippen LogP contribution in [0, 0.1) is 11.7 Å². The van der Waals surface area contributed by atoms with Crippen molar-refractivity contribution in [2.75, 3.05) is 29.9 Å². The zero-order valence-electron chi connectivity index (χ0n) is 16.3. The van der Waals surface area contributed by atoms with E-state index in [0.29, 0.717) is 18.7 Å². The first-order chi connectivity index (χ1) is 14.5. The number of benzene rings is 1. The summed E-state index contributed by atoms with van der Waals surface area (Å²) in [5.41, 5.74) is 1.16. The highest BCUT2D eigenvalue weighted by atomic mass is 35.5. The SMILES string of the molecule is O=C(C[C@@H]1CCCN(c2ncnc3[nH]ccc23)C1)[C@@H](CO)Nc1cc(F)cc(Cl)c1. The van der Waals surface area contributed by atoms with E-state index in [0.717, 1.165) is 36.2 Å². The number of nitrogens with zero attached hydrogens (tertiary/aromatic N) is 3. The third kappa shape index (κ3) is 4.55. The van der Waals surface area contributed by atoms with E-state index < -0.39 is 11.9 Å². The lowest BCUT2D eigenvalue weighted by Crippen LogP contribution is -2.40. The maximum absolute atomic E-state index is 13.6. The Kier molecular flexibility index (Phi) is 6.15. The van der Waals surface area contributed by atoms with Crippen LogP contribution in [0.25, 0.3) is 11.0 Å². The van der Waals surface area contributed by atoms with Gasteiger partial charge in [0.1, 0.15) is 29.7 Å². The number of carbonyl (C=O) groups excluding carboxylic acids is 1. The molecule has 158 valence electrons. The summed E-state index contributed by atoms with van der Waals surface area (Å²) in [5, 5.41) is 13.8. The maximum atomic E-state index is 13.6. The number of aromatic amines is 1. The Morgan fingerprint density at radius 1 is 1.40 bits per heavy atom. The van der Waals surface area contributed by atoms with Crippen LogP contribution in [-0.4, -0.2) is 51.6 Å². The molecule has 0 unspecified atom stereocenters. The normalized spacial score (nSPS) is 17.8. The van der Waals surface area contributed by atoms with E-state index in [9.17, 15) is 14.3 Å². The number of fused-ring (bicyclic) bond motifs is 1. The van der Waals surface area contributed by atoms with Crippen molar-refractivity contribution in [1.29, 1.82) is 0 Å². The Labute approximate surface area is 178 Å². The fourth-order valence-corrected chi connectivity index (χ4v) is 4.25. The van der Waals surface area contributed by atoms with Gasteiger partial charge >= 0.3 is 0 Å². The molecule has 30 heavy (non-hydrogen) atoms. The average molecular weight is 432 g/mol. The summed E-state index contributed by atoms with van der Waals surface area (Å²) in [6.45, 7) is 1.19. The number of Topliss-reactive ketones (excluding diaryl/α,β-unsaturated/α-hetero) is 1. The molecule has 0 spiro atoms. The van der Waals surface area contributed by atoms with Crippen LogP contribution in [0.3, 0.4) is 0 Å². The van der Waals surface area contributed by atoms with Gasteiger partial charge in [-0.2, -0.15) is 0 Å². The van der Waals surface area contributed by atoms with Crippen molar-refractivity contribution in [2.45, 2.75) is 25.3 Å². The Morgan fingerprint density at radius 3 is 3.07 bits per heavy atom. The van der Waals surface area contributed by atoms with Crippen molar-refractivity contribution in [3.05, 3.63) is 47.6 Å². The van der Waals surface area contributed by atoms with E-state index in [-0.39, 0.29) is 23.3 Å². The van der Waals surface area contributed by atoms with Crippen LogP contribution in [-0.2, 0) is 4.79 Å². The summed E-state index contributed by atoms with van der Waals surface area (Å²) >= 11 is 5.87. The number of piperidine rings is 1. The molecule has 4 rings (SSSR count). The largest absolute Gasteiger partial charge is 0.394 e. The topological polar surface area (TPSA) is 94.1 Å². The second-order valence-corrected chi connectivity index (χ2v) is 8.04. The van der Waals surface area contributed by atoms with Crippen LogP contribution in [0.15, 0.2) is 36.8 Å². The molecular weight excluding hydrogens is 409 g/mol. The first kappa shape index (κ1) is 20.6. The maximum Gasteiger partial charge on any atom is 0.157 e. The third-order valence-electron chi connectivity index (χ3n) is 5.42. The quantitative estimate of drug-likeness (QED) is 0.530. The summed E-state index contributed by atoms with van der Waals surface area (Å²) in [6.07, 6.45) is 5.57. The molecule has 1 aliphatic rings. The van der Waals surface area contributed by atoms with Crippen LogP contribution in [0.2, 0.25) is 5.02 Å². The number of hydrogen-bond acceptors (Lipinski definition) is 6. The number of aliphatic hydroxyl groups is 1. The zero-order valence-corrected chi connectivity index (χ0v) is 17.1. The van der Waals surface area contributed by atoms with Crippen molar-refractivity contribution >= 4 is 39.9 Å². The number of H-pyrrole nitrogens is 1. The molecule has 7 nitrogen and oxygen atoms in total. The van der Waals surface area contributed by atoms with Gasteiger partial charge in [0.05, 0.1) is 12.0 Å². The number of nitrogens with one attached hydrogen (secondary N) is 2. The number of aromatic nitrogens is 3. The van der Waals surface area contributed by atoms with Gasteiger partial charge in [0.25, 0.3) is 0 Å². The highest BCUT2D eigenvalue weighted by Gasteiger charge is 2.27. The van der Waals surface area contributed by atoms with E-state index in [2.05, 4.69) is 25.2 Å². The number of anilines is 2. The van der Waals surface area contributed by atoms with Crippen molar-refractivity contribution in [3.63, 3.8) is 0 Å². The van der Waals surface area contributed by atoms with Crippen LogP contribution >= 0.6 is 11.6 Å². The summed E-state index contributed by atoms with van der Waals surface area (Å²) in [5.74, 6) is 0.393. The summed E-state index contributed by atoms with van der Waals surface area (Å²) < 4.78 is 13.6. The van der Waals surface area contributed by atoms with Crippen LogP contribution < -0.4 is 10.2 Å².